The molecule has 1 saturated heterocycles. The summed E-state index contributed by atoms with van der Waals surface area (Å²) in [5.41, 5.74) is 0.260. The molecular formula is C15H20F3NO. The zero-order chi connectivity index (χ0) is 14.8. The van der Waals surface area contributed by atoms with Gasteiger partial charge in [0.05, 0.1) is 11.7 Å². The summed E-state index contributed by atoms with van der Waals surface area (Å²) in [5.74, 6) is 0.479. The Morgan fingerprint density at radius 2 is 1.95 bits per heavy atom. The van der Waals surface area contributed by atoms with Gasteiger partial charge in [0.25, 0.3) is 0 Å². The highest BCUT2D eigenvalue weighted by Gasteiger charge is 2.30. The van der Waals surface area contributed by atoms with Gasteiger partial charge in [0.1, 0.15) is 0 Å². The highest BCUT2D eigenvalue weighted by molar-refractivity contribution is 5.26. The van der Waals surface area contributed by atoms with Gasteiger partial charge in [0, 0.05) is 19.2 Å². The fourth-order valence-electron chi connectivity index (χ4n) is 2.45. The molecule has 20 heavy (non-hydrogen) atoms. The minimum atomic E-state index is -4.27. The Morgan fingerprint density at radius 1 is 1.30 bits per heavy atom. The van der Waals surface area contributed by atoms with Gasteiger partial charge in [-0.05, 0) is 43.9 Å². The van der Waals surface area contributed by atoms with Gasteiger partial charge in [-0.1, -0.05) is 12.1 Å². The summed E-state index contributed by atoms with van der Waals surface area (Å²) >= 11 is 0. The molecule has 3 unspecified atom stereocenters. The number of benzene rings is 1. The largest absolute Gasteiger partial charge is 0.416 e. The predicted octanol–water partition coefficient (Wildman–Crippen LogP) is 3.78. The minimum absolute atomic E-state index is 0.0325. The third-order valence-corrected chi connectivity index (χ3v) is 3.96. The molecule has 3 atom stereocenters. The van der Waals surface area contributed by atoms with Gasteiger partial charge in [-0.3, -0.25) is 0 Å². The van der Waals surface area contributed by atoms with Gasteiger partial charge in [0.15, 0.2) is 0 Å². The van der Waals surface area contributed by atoms with E-state index in [1.54, 1.807) is 0 Å². The van der Waals surface area contributed by atoms with Crippen LogP contribution in [0.4, 0.5) is 13.2 Å². The third kappa shape index (κ3) is 3.73. The fraction of sp³-hybridized carbons (Fsp3) is 0.600. The quantitative estimate of drug-likeness (QED) is 0.910. The molecule has 0 aliphatic carbocycles. The van der Waals surface area contributed by atoms with Crippen molar-refractivity contribution >= 4 is 0 Å². The average molecular weight is 287 g/mol. The Bertz CT molecular complexity index is 430. The van der Waals surface area contributed by atoms with E-state index in [2.05, 4.69) is 12.2 Å². The van der Waals surface area contributed by atoms with Gasteiger partial charge in [-0.25, -0.2) is 0 Å². The van der Waals surface area contributed by atoms with Crippen molar-refractivity contribution in [2.75, 3.05) is 13.2 Å². The number of hydrogen-bond donors (Lipinski definition) is 1. The summed E-state index contributed by atoms with van der Waals surface area (Å²) in [6.45, 7) is 5.64. The molecule has 2 nitrogen and oxygen atoms in total. The van der Waals surface area contributed by atoms with E-state index in [1.807, 2.05) is 6.92 Å². The standard InChI is InChI=1S/C15H20F3NO/c1-10(19-9-13-7-8-20-11(13)2)12-3-5-14(6-4-12)15(16,17)18/h3-6,10-11,13,19H,7-9H2,1-2H3. The summed E-state index contributed by atoms with van der Waals surface area (Å²) in [5, 5.41) is 3.37. The molecule has 0 radical (unpaired) electrons. The lowest BCUT2D eigenvalue weighted by atomic mass is 10.0. The van der Waals surface area contributed by atoms with Crippen LogP contribution in [0.3, 0.4) is 0 Å². The van der Waals surface area contributed by atoms with Crippen LogP contribution >= 0.6 is 0 Å². The molecule has 0 bridgehead atoms. The van der Waals surface area contributed by atoms with Crippen LogP contribution in [0.5, 0.6) is 0 Å². The number of ether oxygens (including phenoxy) is 1. The van der Waals surface area contributed by atoms with Crippen LogP contribution in [0, 0.1) is 5.92 Å². The second-order valence-corrected chi connectivity index (χ2v) is 5.37. The second kappa shape index (κ2) is 6.14. The van der Waals surface area contributed by atoms with Crippen molar-refractivity contribution in [2.45, 2.75) is 38.6 Å². The fourth-order valence-corrected chi connectivity index (χ4v) is 2.45. The van der Waals surface area contributed by atoms with Crippen LogP contribution < -0.4 is 5.32 Å². The smallest absolute Gasteiger partial charge is 0.378 e. The van der Waals surface area contributed by atoms with Gasteiger partial charge in [-0.2, -0.15) is 13.2 Å². The van der Waals surface area contributed by atoms with Gasteiger partial charge >= 0.3 is 6.18 Å². The van der Waals surface area contributed by atoms with Crippen molar-refractivity contribution in [3.63, 3.8) is 0 Å². The molecule has 1 aliphatic rings. The Balaban J connectivity index is 1.90. The number of nitrogens with one attached hydrogen (secondary N) is 1. The van der Waals surface area contributed by atoms with E-state index in [9.17, 15) is 13.2 Å². The SMILES string of the molecule is CC(NCC1CCOC1C)c1ccc(C(F)(F)F)cc1. The van der Waals surface area contributed by atoms with Crippen molar-refractivity contribution in [1.29, 1.82) is 0 Å². The molecule has 0 aromatic heterocycles. The maximum atomic E-state index is 12.5. The number of hydrogen-bond acceptors (Lipinski definition) is 2. The van der Waals surface area contributed by atoms with Gasteiger partial charge in [-0.15, -0.1) is 0 Å². The van der Waals surface area contributed by atoms with Crippen LogP contribution in [0.1, 0.15) is 37.4 Å². The summed E-state index contributed by atoms with van der Waals surface area (Å²) in [6.07, 6.45) is -2.98. The van der Waals surface area contributed by atoms with E-state index >= 15 is 0 Å². The average Bonchev–Trinajstić information content (AvgIpc) is 2.81. The molecular weight excluding hydrogens is 267 g/mol. The first-order chi connectivity index (χ1) is 9.38. The van der Waals surface area contributed by atoms with E-state index in [0.29, 0.717) is 5.92 Å². The van der Waals surface area contributed by atoms with Crippen LogP contribution in [0.2, 0.25) is 0 Å². The number of rotatable bonds is 4. The van der Waals surface area contributed by atoms with Crippen LogP contribution in [0.25, 0.3) is 0 Å². The molecule has 0 spiro atoms. The molecule has 1 N–H and O–H groups in total. The van der Waals surface area contributed by atoms with Crippen LogP contribution in [0.15, 0.2) is 24.3 Å². The Kier molecular flexibility index (Phi) is 4.70. The molecule has 2 rings (SSSR count). The van der Waals surface area contributed by atoms with E-state index in [-0.39, 0.29) is 12.1 Å². The summed E-state index contributed by atoms with van der Waals surface area (Å²) in [6, 6.07) is 5.37. The molecule has 1 aromatic carbocycles. The molecule has 1 fully saturated rings. The van der Waals surface area contributed by atoms with Crippen molar-refractivity contribution in [3.05, 3.63) is 35.4 Å². The molecule has 5 heteroatoms. The summed E-state index contributed by atoms with van der Waals surface area (Å²) in [7, 11) is 0. The minimum Gasteiger partial charge on any atom is -0.378 e. The van der Waals surface area contributed by atoms with Crippen molar-refractivity contribution < 1.29 is 17.9 Å². The van der Waals surface area contributed by atoms with Crippen molar-refractivity contribution in [2.24, 2.45) is 5.92 Å². The van der Waals surface area contributed by atoms with Gasteiger partial charge < -0.3 is 10.1 Å². The van der Waals surface area contributed by atoms with E-state index in [1.165, 1.54) is 12.1 Å². The zero-order valence-corrected chi connectivity index (χ0v) is 11.7. The van der Waals surface area contributed by atoms with E-state index < -0.39 is 11.7 Å². The van der Waals surface area contributed by atoms with Crippen LogP contribution in [-0.4, -0.2) is 19.3 Å². The van der Waals surface area contributed by atoms with Gasteiger partial charge in [0.2, 0.25) is 0 Å². The third-order valence-electron chi connectivity index (χ3n) is 3.96. The van der Waals surface area contributed by atoms with Crippen LogP contribution in [-0.2, 0) is 10.9 Å². The Morgan fingerprint density at radius 3 is 2.45 bits per heavy atom. The maximum absolute atomic E-state index is 12.5. The monoisotopic (exact) mass is 287 g/mol. The Hall–Kier alpha value is -1.07. The molecule has 0 saturated carbocycles. The first-order valence-corrected chi connectivity index (χ1v) is 6.90. The highest BCUT2D eigenvalue weighted by atomic mass is 19.4. The van der Waals surface area contributed by atoms with E-state index in [0.717, 1.165) is 37.3 Å². The lowest BCUT2D eigenvalue weighted by molar-refractivity contribution is -0.137. The zero-order valence-electron chi connectivity index (χ0n) is 11.7. The summed E-state index contributed by atoms with van der Waals surface area (Å²) in [4.78, 5) is 0. The van der Waals surface area contributed by atoms with Crippen molar-refractivity contribution in [3.8, 4) is 0 Å². The molecule has 1 aromatic rings. The normalized spacial score (nSPS) is 24.9. The first-order valence-electron chi connectivity index (χ1n) is 6.90. The van der Waals surface area contributed by atoms with E-state index in [4.69, 9.17) is 4.74 Å². The maximum Gasteiger partial charge on any atom is 0.416 e. The topological polar surface area (TPSA) is 21.3 Å². The molecule has 0 amide bonds. The lowest BCUT2D eigenvalue weighted by Crippen LogP contribution is -2.29. The molecule has 112 valence electrons. The second-order valence-electron chi connectivity index (χ2n) is 5.37. The molecule has 1 aliphatic heterocycles. The lowest BCUT2D eigenvalue weighted by Gasteiger charge is -2.20. The first kappa shape index (κ1) is 15.3. The number of halogens is 3. The molecule has 1 heterocycles. The highest BCUT2D eigenvalue weighted by Crippen LogP contribution is 2.30. The summed E-state index contributed by atoms with van der Waals surface area (Å²) < 4.78 is 43.0. The predicted molar refractivity (Wildman–Crippen MR) is 71.4 cm³/mol. The van der Waals surface area contributed by atoms with Crippen molar-refractivity contribution in [1.82, 2.24) is 5.32 Å². The number of alkyl halides is 3. The Labute approximate surface area is 117 Å².